The van der Waals surface area contributed by atoms with Crippen molar-refractivity contribution in [1.29, 1.82) is 0 Å². The van der Waals surface area contributed by atoms with Crippen LogP contribution in [0, 0.1) is 6.92 Å². The molecule has 7 nitrogen and oxygen atoms in total. The SMILES string of the molecule is Cc1ccc(S(=O)(=O)OCCCc2cn(-c3cccnc3)nn2)cc1. The fourth-order valence-electron chi connectivity index (χ4n) is 2.22. The Balaban J connectivity index is 1.52. The van der Waals surface area contributed by atoms with E-state index in [1.807, 2.05) is 19.1 Å². The van der Waals surface area contributed by atoms with Crippen LogP contribution in [0.3, 0.4) is 0 Å². The number of hydrogen-bond donors (Lipinski definition) is 0. The lowest BCUT2D eigenvalue weighted by Crippen LogP contribution is -2.08. The zero-order valence-corrected chi connectivity index (χ0v) is 14.6. The van der Waals surface area contributed by atoms with E-state index in [1.165, 1.54) is 0 Å². The summed E-state index contributed by atoms with van der Waals surface area (Å²) in [4.78, 5) is 4.20. The van der Waals surface area contributed by atoms with Crippen molar-refractivity contribution in [2.45, 2.75) is 24.7 Å². The molecule has 0 bridgehead atoms. The molecule has 25 heavy (non-hydrogen) atoms. The highest BCUT2D eigenvalue weighted by molar-refractivity contribution is 7.86. The van der Waals surface area contributed by atoms with E-state index in [2.05, 4.69) is 15.3 Å². The molecule has 0 saturated heterocycles. The second kappa shape index (κ2) is 7.54. The first kappa shape index (κ1) is 17.2. The number of pyridine rings is 1. The standard InChI is InChI=1S/C17H18N4O3S/c1-14-6-8-17(9-7-14)25(22,23)24-11-3-4-15-13-21(20-19-15)16-5-2-10-18-12-16/h2,5-10,12-13H,3-4,11H2,1H3. The van der Waals surface area contributed by atoms with Gasteiger partial charge in [0.15, 0.2) is 0 Å². The highest BCUT2D eigenvalue weighted by Gasteiger charge is 2.14. The van der Waals surface area contributed by atoms with E-state index in [-0.39, 0.29) is 11.5 Å². The average molecular weight is 358 g/mol. The molecule has 1 aromatic carbocycles. The Hall–Kier alpha value is -2.58. The van der Waals surface area contributed by atoms with Gasteiger partial charge in [-0.1, -0.05) is 22.9 Å². The fourth-order valence-corrected chi connectivity index (χ4v) is 3.17. The first-order valence-electron chi connectivity index (χ1n) is 7.82. The zero-order chi connectivity index (χ0) is 17.7. The van der Waals surface area contributed by atoms with Gasteiger partial charge in [-0.2, -0.15) is 8.42 Å². The van der Waals surface area contributed by atoms with Gasteiger partial charge in [-0.05, 0) is 44.0 Å². The molecule has 0 fully saturated rings. The zero-order valence-electron chi connectivity index (χ0n) is 13.7. The van der Waals surface area contributed by atoms with Crippen molar-refractivity contribution < 1.29 is 12.6 Å². The van der Waals surface area contributed by atoms with Crippen LogP contribution in [0.15, 0.2) is 59.9 Å². The summed E-state index contributed by atoms with van der Waals surface area (Å²) in [7, 11) is -3.72. The van der Waals surface area contributed by atoms with Crippen LogP contribution in [-0.2, 0) is 20.7 Å². The Morgan fingerprint density at radius 3 is 2.68 bits per heavy atom. The van der Waals surface area contributed by atoms with Crippen molar-refractivity contribution in [3.8, 4) is 5.69 Å². The van der Waals surface area contributed by atoms with Gasteiger partial charge in [0.1, 0.15) is 0 Å². The monoisotopic (exact) mass is 358 g/mol. The molecule has 0 radical (unpaired) electrons. The lowest BCUT2D eigenvalue weighted by molar-refractivity contribution is 0.312. The van der Waals surface area contributed by atoms with Crippen LogP contribution in [0.4, 0.5) is 0 Å². The number of rotatable bonds is 7. The van der Waals surface area contributed by atoms with Crippen LogP contribution in [0.25, 0.3) is 5.69 Å². The molecule has 3 rings (SSSR count). The quantitative estimate of drug-likeness (QED) is 0.476. The van der Waals surface area contributed by atoms with Crippen LogP contribution in [0.5, 0.6) is 0 Å². The maximum atomic E-state index is 12.1. The summed E-state index contributed by atoms with van der Waals surface area (Å²) in [5, 5.41) is 8.11. The highest BCUT2D eigenvalue weighted by Crippen LogP contribution is 2.14. The fraction of sp³-hybridized carbons (Fsp3) is 0.235. The van der Waals surface area contributed by atoms with Gasteiger partial charge in [0, 0.05) is 6.20 Å². The Bertz CT molecular complexity index is 922. The van der Waals surface area contributed by atoms with Crippen LogP contribution in [0.2, 0.25) is 0 Å². The molecule has 2 aromatic heterocycles. The van der Waals surface area contributed by atoms with Gasteiger partial charge in [-0.3, -0.25) is 9.17 Å². The summed E-state index contributed by atoms with van der Waals surface area (Å²) < 4.78 is 30.9. The number of hydrogen-bond acceptors (Lipinski definition) is 6. The summed E-state index contributed by atoms with van der Waals surface area (Å²) in [5.74, 6) is 0. The average Bonchev–Trinajstić information content (AvgIpc) is 3.09. The Morgan fingerprint density at radius 1 is 1.16 bits per heavy atom. The maximum Gasteiger partial charge on any atom is 0.296 e. The number of aryl methyl sites for hydroxylation is 2. The van der Waals surface area contributed by atoms with E-state index >= 15 is 0 Å². The number of benzene rings is 1. The molecule has 0 N–H and O–H groups in total. The topological polar surface area (TPSA) is 87.0 Å². The summed E-state index contributed by atoms with van der Waals surface area (Å²) in [6.45, 7) is 1.99. The minimum atomic E-state index is -3.72. The van der Waals surface area contributed by atoms with Crippen molar-refractivity contribution in [2.75, 3.05) is 6.61 Å². The normalized spacial score (nSPS) is 11.6. The van der Waals surface area contributed by atoms with Crippen molar-refractivity contribution >= 4 is 10.1 Å². The van der Waals surface area contributed by atoms with Crippen molar-refractivity contribution in [3.05, 3.63) is 66.2 Å². The van der Waals surface area contributed by atoms with Crippen LogP contribution < -0.4 is 0 Å². The summed E-state index contributed by atoms with van der Waals surface area (Å²) in [5.41, 5.74) is 2.58. The lowest BCUT2D eigenvalue weighted by Gasteiger charge is -2.05. The van der Waals surface area contributed by atoms with Crippen molar-refractivity contribution in [1.82, 2.24) is 20.0 Å². The minimum Gasteiger partial charge on any atom is -0.266 e. The summed E-state index contributed by atoms with van der Waals surface area (Å²) in [6.07, 6.45) is 6.27. The first-order chi connectivity index (χ1) is 12.0. The summed E-state index contributed by atoms with van der Waals surface area (Å²) >= 11 is 0. The minimum absolute atomic E-state index is 0.0932. The largest absolute Gasteiger partial charge is 0.296 e. The smallest absolute Gasteiger partial charge is 0.266 e. The molecule has 0 atom stereocenters. The van der Waals surface area contributed by atoms with Crippen LogP contribution in [0.1, 0.15) is 17.7 Å². The third kappa shape index (κ3) is 4.49. The molecule has 3 aromatic rings. The van der Waals surface area contributed by atoms with Gasteiger partial charge < -0.3 is 0 Å². The van der Waals surface area contributed by atoms with Crippen LogP contribution in [-0.4, -0.2) is 35.0 Å². The van der Waals surface area contributed by atoms with E-state index < -0.39 is 10.1 Å². The summed E-state index contributed by atoms with van der Waals surface area (Å²) in [6, 6.07) is 10.3. The van der Waals surface area contributed by atoms with E-state index in [1.54, 1.807) is 47.5 Å². The third-order valence-electron chi connectivity index (χ3n) is 3.58. The van der Waals surface area contributed by atoms with Gasteiger partial charge in [-0.25, -0.2) is 4.68 Å². The first-order valence-corrected chi connectivity index (χ1v) is 9.23. The van der Waals surface area contributed by atoms with Gasteiger partial charge >= 0.3 is 0 Å². The van der Waals surface area contributed by atoms with Crippen molar-refractivity contribution in [3.63, 3.8) is 0 Å². The lowest BCUT2D eigenvalue weighted by atomic mass is 10.2. The molecule has 0 aliphatic heterocycles. The Kier molecular flexibility index (Phi) is 5.20. The van der Waals surface area contributed by atoms with Gasteiger partial charge in [-0.15, -0.1) is 5.10 Å². The van der Waals surface area contributed by atoms with E-state index in [0.717, 1.165) is 16.9 Å². The molecule has 2 heterocycles. The Morgan fingerprint density at radius 2 is 1.96 bits per heavy atom. The highest BCUT2D eigenvalue weighted by atomic mass is 32.2. The Labute approximate surface area is 146 Å². The van der Waals surface area contributed by atoms with Crippen LogP contribution >= 0.6 is 0 Å². The molecule has 0 aliphatic carbocycles. The molecule has 130 valence electrons. The molecule has 0 saturated carbocycles. The van der Waals surface area contributed by atoms with Gasteiger partial charge in [0.25, 0.3) is 10.1 Å². The predicted molar refractivity (Wildman–Crippen MR) is 91.8 cm³/mol. The van der Waals surface area contributed by atoms with Crippen molar-refractivity contribution in [2.24, 2.45) is 0 Å². The molecule has 0 aliphatic rings. The van der Waals surface area contributed by atoms with E-state index in [4.69, 9.17) is 4.18 Å². The molecule has 0 spiro atoms. The van der Waals surface area contributed by atoms with E-state index in [9.17, 15) is 8.42 Å². The van der Waals surface area contributed by atoms with Gasteiger partial charge in [0.2, 0.25) is 0 Å². The third-order valence-corrected chi connectivity index (χ3v) is 4.90. The molecular weight excluding hydrogens is 340 g/mol. The molecule has 0 amide bonds. The number of nitrogens with zero attached hydrogens (tertiary/aromatic N) is 4. The molecule has 0 unspecified atom stereocenters. The predicted octanol–water partition coefficient (Wildman–Crippen LogP) is 2.31. The maximum absolute atomic E-state index is 12.1. The second-order valence-electron chi connectivity index (χ2n) is 5.56. The molecule has 8 heteroatoms. The number of aromatic nitrogens is 4. The van der Waals surface area contributed by atoms with Gasteiger partial charge in [0.05, 0.1) is 35.3 Å². The second-order valence-corrected chi connectivity index (χ2v) is 7.17. The molecular formula is C17H18N4O3S. The van der Waals surface area contributed by atoms with E-state index in [0.29, 0.717) is 12.8 Å².